The maximum Gasteiger partial charge on any atom is 0.243 e. The van der Waals surface area contributed by atoms with Crippen LogP contribution >= 0.6 is 0 Å². The monoisotopic (exact) mass is 392 g/mol. The summed E-state index contributed by atoms with van der Waals surface area (Å²) in [6.07, 6.45) is 3.58. The van der Waals surface area contributed by atoms with Gasteiger partial charge in [0.15, 0.2) is 0 Å². The summed E-state index contributed by atoms with van der Waals surface area (Å²) in [5.74, 6) is -0.129. The van der Waals surface area contributed by atoms with Crippen molar-refractivity contribution in [1.29, 1.82) is 0 Å². The minimum Gasteiger partial charge on any atom is -0.381 e. The van der Waals surface area contributed by atoms with Crippen molar-refractivity contribution in [3.63, 3.8) is 0 Å². The molecule has 0 N–H and O–H groups in total. The van der Waals surface area contributed by atoms with Gasteiger partial charge in [-0.15, -0.1) is 0 Å². The Labute approximate surface area is 161 Å². The first-order valence-electron chi connectivity index (χ1n) is 9.86. The third-order valence-corrected chi connectivity index (χ3v) is 8.31. The maximum absolute atomic E-state index is 13.2. The molecule has 1 aromatic rings. The molecule has 0 radical (unpaired) electrons. The van der Waals surface area contributed by atoms with E-state index < -0.39 is 10.0 Å². The molecule has 1 aromatic carbocycles. The van der Waals surface area contributed by atoms with Gasteiger partial charge >= 0.3 is 0 Å². The number of hydrogen-bond donors (Lipinski definition) is 0. The fourth-order valence-corrected chi connectivity index (χ4v) is 6.30. The van der Waals surface area contributed by atoms with E-state index >= 15 is 0 Å². The average molecular weight is 393 g/mol. The van der Waals surface area contributed by atoms with Crippen molar-refractivity contribution >= 4 is 15.9 Å². The lowest BCUT2D eigenvalue weighted by atomic mass is 9.71. The highest BCUT2D eigenvalue weighted by Crippen LogP contribution is 2.46. The van der Waals surface area contributed by atoms with Crippen LogP contribution in [0.3, 0.4) is 0 Å². The molecule has 1 spiro atoms. The van der Waals surface area contributed by atoms with Crippen molar-refractivity contribution in [2.24, 2.45) is 11.3 Å². The molecule has 1 amide bonds. The van der Waals surface area contributed by atoms with Crippen molar-refractivity contribution in [1.82, 2.24) is 9.21 Å². The van der Waals surface area contributed by atoms with Crippen molar-refractivity contribution in [3.8, 4) is 0 Å². The molecule has 3 aliphatic heterocycles. The number of sulfonamides is 1. The highest BCUT2D eigenvalue weighted by molar-refractivity contribution is 7.89. The van der Waals surface area contributed by atoms with Gasteiger partial charge in [-0.3, -0.25) is 4.79 Å². The molecule has 1 unspecified atom stereocenters. The van der Waals surface area contributed by atoms with Gasteiger partial charge in [0.1, 0.15) is 0 Å². The zero-order valence-electron chi connectivity index (χ0n) is 15.9. The third kappa shape index (κ3) is 3.41. The second-order valence-corrected chi connectivity index (χ2v) is 10.1. The normalized spacial score (nSPS) is 26.0. The SMILES string of the molecule is Cc1ccc(S(=O)(=O)N2CC(C(=O)N3CCCC3)C3(CCOCC3)C2)cc1. The number of carbonyl (C=O) groups excluding carboxylic acids is 1. The number of nitrogens with zero attached hydrogens (tertiary/aromatic N) is 2. The van der Waals surface area contributed by atoms with E-state index in [0.717, 1.165) is 44.3 Å². The van der Waals surface area contributed by atoms with E-state index in [1.54, 1.807) is 16.4 Å². The minimum atomic E-state index is -3.60. The summed E-state index contributed by atoms with van der Waals surface area (Å²) in [7, 11) is -3.60. The zero-order valence-corrected chi connectivity index (χ0v) is 16.7. The van der Waals surface area contributed by atoms with Gasteiger partial charge in [0.2, 0.25) is 15.9 Å². The molecule has 0 saturated carbocycles. The van der Waals surface area contributed by atoms with Crippen molar-refractivity contribution < 1.29 is 17.9 Å². The summed E-state index contributed by atoms with van der Waals surface area (Å²) >= 11 is 0. The molecule has 27 heavy (non-hydrogen) atoms. The first-order valence-corrected chi connectivity index (χ1v) is 11.3. The van der Waals surface area contributed by atoms with Crippen LogP contribution in [0.2, 0.25) is 0 Å². The molecule has 1 atom stereocenters. The molecule has 7 heteroatoms. The van der Waals surface area contributed by atoms with E-state index in [9.17, 15) is 13.2 Å². The average Bonchev–Trinajstić information content (AvgIpc) is 3.31. The summed E-state index contributed by atoms with van der Waals surface area (Å²) in [6, 6.07) is 6.97. The summed E-state index contributed by atoms with van der Waals surface area (Å²) in [5, 5.41) is 0. The fraction of sp³-hybridized carbons (Fsp3) is 0.650. The lowest BCUT2D eigenvalue weighted by Crippen LogP contribution is -2.45. The molecule has 148 valence electrons. The van der Waals surface area contributed by atoms with E-state index in [-0.39, 0.29) is 23.8 Å². The van der Waals surface area contributed by atoms with Gasteiger partial charge in [-0.25, -0.2) is 8.42 Å². The number of aryl methyl sites for hydroxylation is 1. The van der Waals surface area contributed by atoms with Gasteiger partial charge in [-0.2, -0.15) is 4.31 Å². The molecule has 0 bridgehead atoms. The Morgan fingerprint density at radius 2 is 1.74 bits per heavy atom. The Hall–Kier alpha value is -1.44. The topological polar surface area (TPSA) is 66.9 Å². The Morgan fingerprint density at radius 1 is 1.11 bits per heavy atom. The fourth-order valence-electron chi connectivity index (χ4n) is 4.75. The number of hydrogen-bond acceptors (Lipinski definition) is 4. The van der Waals surface area contributed by atoms with Crippen LogP contribution in [0.1, 0.15) is 31.2 Å². The molecule has 6 nitrogen and oxygen atoms in total. The molecule has 3 heterocycles. The second-order valence-electron chi connectivity index (χ2n) is 8.17. The van der Waals surface area contributed by atoms with Crippen LogP contribution in [0.4, 0.5) is 0 Å². The van der Waals surface area contributed by atoms with Crippen LogP contribution in [0.15, 0.2) is 29.2 Å². The van der Waals surface area contributed by atoms with E-state index in [1.165, 1.54) is 0 Å². The standard InChI is InChI=1S/C20H28N2O4S/c1-16-4-6-17(7-5-16)27(24,25)22-14-18(19(23)21-10-2-3-11-21)20(15-22)8-12-26-13-9-20/h4-7,18H,2-3,8-15H2,1H3. The quantitative estimate of drug-likeness (QED) is 0.789. The van der Waals surface area contributed by atoms with Gasteiger partial charge in [0.25, 0.3) is 0 Å². The van der Waals surface area contributed by atoms with Crippen LogP contribution in [0.5, 0.6) is 0 Å². The van der Waals surface area contributed by atoms with Gasteiger partial charge in [-0.05, 0) is 44.7 Å². The summed E-state index contributed by atoms with van der Waals surface area (Å²) in [6.45, 7) is 5.43. The minimum absolute atomic E-state index is 0.135. The summed E-state index contributed by atoms with van der Waals surface area (Å²) in [5.41, 5.74) is 0.730. The Morgan fingerprint density at radius 3 is 2.37 bits per heavy atom. The zero-order chi connectivity index (χ0) is 19.1. The smallest absolute Gasteiger partial charge is 0.243 e. The number of carbonyl (C=O) groups is 1. The molecule has 0 aliphatic carbocycles. The number of likely N-dealkylation sites (tertiary alicyclic amines) is 1. The summed E-state index contributed by atoms with van der Waals surface area (Å²) < 4.78 is 33.5. The van der Waals surface area contributed by atoms with Crippen LogP contribution in [-0.2, 0) is 19.6 Å². The molecule has 3 saturated heterocycles. The predicted molar refractivity (Wildman–Crippen MR) is 102 cm³/mol. The summed E-state index contributed by atoms with van der Waals surface area (Å²) in [4.78, 5) is 15.5. The van der Waals surface area contributed by atoms with Gasteiger partial charge in [-0.1, -0.05) is 17.7 Å². The van der Waals surface area contributed by atoms with Gasteiger partial charge < -0.3 is 9.64 Å². The van der Waals surface area contributed by atoms with Crippen LogP contribution in [-0.4, -0.2) is 62.9 Å². The number of rotatable bonds is 3. The molecular formula is C20H28N2O4S. The Balaban J connectivity index is 1.63. The largest absolute Gasteiger partial charge is 0.381 e. The lowest BCUT2D eigenvalue weighted by Gasteiger charge is -2.38. The first kappa shape index (κ1) is 18.9. The highest BCUT2D eigenvalue weighted by atomic mass is 32.2. The maximum atomic E-state index is 13.2. The molecule has 0 aromatic heterocycles. The van der Waals surface area contributed by atoms with Crippen molar-refractivity contribution in [3.05, 3.63) is 29.8 Å². The highest BCUT2D eigenvalue weighted by Gasteiger charge is 2.54. The Kier molecular flexibility index (Phi) is 5.03. The van der Waals surface area contributed by atoms with E-state index in [1.807, 2.05) is 24.0 Å². The van der Waals surface area contributed by atoms with Gasteiger partial charge in [0.05, 0.1) is 10.8 Å². The third-order valence-electron chi connectivity index (χ3n) is 6.48. The molecule has 4 rings (SSSR count). The number of amides is 1. The number of benzene rings is 1. The predicted octanol–water partition coefficient (Wildman–Crippen LogP) is 2.03. The number of ether oxygens (including phenoxy) is 1. The van der Waals surface area contributed by atoms with E-state index in [4.69, 9.17) is 4.74 Å². The van der Waals surface area contributed by atoms with Crippen LogP contribution < -0.4 is 0 Å². The second kappa shape index (κ2) is 7.18. The lowest BCUT2D eigenvalue weighted by molar-refractivity contribution is -0.139. The Bertz CT molecular complexity index is 794. The van der Waals surface area contributed by atoms with Crippen LogP contribution in [0.25, 0.3) is 0 Å². The van der Waals surface area contributed by atoms with Crippen LogP contribution in [0, 0.1) is 18.3 Å². The first-order chi connectivity index (χ1) is 12.9. The molecule has 3 aliphatic rings. The van der Waals surface area contributed by atoms with E-state index in [0.29, 0.717) is 24.7 Å². The van der Waals surface area contributed by atoms with Gasteiger partial charge in [0, 0.05) is 44.8 Å². The molecular weight excluding hydrogens is 364 g/mol. The van der Waals surface area contributed by atoms with Crippen molar-refractivity contribution in [2.45, 2.75) is 37.5 Å². The van der Waals surface area contributed by atoms with Crippen molar-refractivity contribution in [2.75, 3.05) is 39.4 Å². The van der Waals surface area contributed by atoms with E-state index in [2.05, 4.69) is 0 Å². The molecule has 3 fully saturated rings.